The molecule has 1 aliphatic carbocycles. The van der Waals surface area contributed by atoms with Crippen molar-refractivity contribution < 1.29 is 22.8 Å². The summed E-state index contributed by atoms with van der Waals surface area (Å²) in [5.41, 5.74) is 2.55. The zero-order valence-electron chi connectivity index (χ0n) is 19.8. The van der Waals surface area contributed by atoms with Gasteiger partial charge >= 0.3 is 6.18 Å². The zero-order valence-corrected chi connectivity index (χ0v) is 19.8. The van der Waals surface area contributed by atoms with Gasteiger partial charge in [-0.1, -0.05) is 54.6 Å². The van der Waals surface area contributed by atoms with Gasteiger partial charge in [-0.3, -0.25) is 9.59 Å². The van der Waals surface area contributed by atoms with Crippen molar-refractivity contribution in [1.29, 1.82) is 0 Å². The Balaban J connectivity index is 1.39. The van der Waals surface area contributed by atoms with E-state index in [0.717, 1.165) is 17.8 Å². The Bertz CT molecular complexity index is 1740. The maximum atomic E-state index is 13.7. The second-order valence-electron chi connectivity index (χ2n) is 9.01. The van der Waals surface area contributed by atoms with Crippen LogP contribution in [0.15, 0.2) is 103 Å². The number of hydrogen-bond donors (Lipinski definition) is 2. The van der Waals surface area contributed by atoms with Crippen molar-refractivity contribution >= 4 is 45.1 Å². The summed E-state index contributed by atoms with van der Waals surface area (Å²) in [7, 11) is 0. The van der Waals surface area contributed by atoms with E-state index in [9.17, 15) is 22.8 Å². The molecular formula is C31H19F3N2O2. The zero-order chi connectivity index (χ0) is 26.4. The fourth-order valence-electron chi connectivity index (χ4n) is 4.78. The van der Waals surface area contributed by atoms with Crippen molar-refractivity contribution in [2.75, 3.05) is 10.6 Å². The van der Waals surface area contributed by atoms with Crippen LogP contribution in [0, 0.1) is 0 Å². The van der Waals surface area contributed by atoms with Crippen molar-refractivity contribution in [2.45, 2.75) is 6.18 Å². The minimum Gasteiger partial charge on any atom is -0.355 e. The molecule has 5 aromatic rings. The highest BCUT2D eigenvalue weighted by Gasteiger charge is 2.34. The van der Waals surface area contributed by atoms with Crippen LogP contribution in [0.2, 0.25) is 0 Å². The van der Waals surface area contributed by atoms with Crippen molar-refractivity contribution in [3.05, 3.63) is 131 Å². The fraction of sp³-hybridized carbons (Fsp3) is 0.0323. The minimum atomic E-state index is -4.45. The Hall–Kier alpha value is -4.91. The van der Waals surface area contributed by atoms with E-state index in [4.69, 9.17) is 0 Å². The number of para-hydroxylation sites is 1. The third kappa shape index (κ3) is 4.08. The molecule has 0 radical (unpaired) electrons. The summed E-state index contributed by atoms with van der Waals surface area (Å²) >= 11 is 0. The molecule has 0 saturated heterocycles. The summed E-state index contributed by atoms with van der Waals surface area (Å²) in [5, 5.41) is 7.43. The summed E-state index contributed by atoms with van der Waals surface area (Å²) in [6.45, 7) is 0. The lowest BCUT2D eigenvalue weighted by atomic mass is 9.82. The second kappa shape index (κ2) is 8.88. The molecule has 1 aliphatic rings. The molecule has 0 fully saturated rings. The van der Waals surface area contributed by atoms with E-state index in [1.165, 1.54) is 6.07 Å². The Labute approximate surface area is 215 Å². The van der Waals surface area contributed by atoms with Crippen LogP contribution in [0.1, 0.15) is 37.4 Å². The highest BCUT2D eigenvalue weighted by atomic mass is 19.4. The normalized spacial score (nSPS) is 12.7. The van der Waals surface area contributed by atoms with Gasteiger partial charge in [0, 0.05) is 22.5 Å². The number of nitrogens with one attached hydrogen (secondary N) is 2. The molecule has 5 aromatic carbocycles. The van der Waals surface area contributed by atoms with Crippen molar-refractivity contribution in [2.24, 2.45) is 0 Å². The molecule has 0 bridgehead atoms. The highest BCUT2D eigenvalue weighted by molar-refractivity contribution is 6.32. The van der Waals surface area contributed by atoms with E-state index in [1.54, 1.807) is 54.6 Å². The van der Waals surface area contributed by atoms with Gasteiger partial charge in [0.2, 0.25) is 0 Å². The molecule has 0 atom stereocenters. The van der Waals surface area contributed by atoms with E-state index >= 15 is 0 Å². The number of alkyl halides is 3. The van der Waals surface area contributed by atoms with Crippen LogP contribution in [0.25, 0.3) is 10.8 Å². The maximum Gasteiger partial charge on any atom is 0.416 e. The van der Waals surface area contributed by atoms with Gasteiger partial charge in [-0.05, 0) is 59.3 Å². The van der Waals surface area contributed by atoms with E-state index in [2.05, 4.69) is 10.6 Å². The lowest BCUT2D eigenvalue weighted by Gasteiger charge is -2.23. The first-order valence-electron chi connectivity index (χ1n) is 11.8. The summed E-state index contributed by atoms with van der Waals surface area (Å²) in [4.78, 5) is 27.3. The molecule has 6 rings (SSSR count). The van der Waals surface area contributed by atoms with Crippen molar-refractivity contribution in [3.8, 4) is 0 Å². The van der Waals surface area contributed by atoms with Crippen LogP contribution in [0.3, 0.4) is 0 Å². The molecule has 0 aliphatic heterocycles. The standard InChI is InChI=1S/C31H19F3N2O2/c32-31(33,34)20-14-12-18-13-15-22(17-19(18)16-20)36-26-11-5-9-24-28(26)30(38)23-8-4-10-25(27(23)29(24)37)35-21-6-2-1-3-7-21/h1-17,35-36H. The van der Waals surface area contributed by atoms with Crippen LogP contribution in [-0.4, -0.2) is 11.6 Å². The molecular weight excluding hydrogens is 489 g/mol. The summed E-state index contributed by atoms with van der Waals surface area (Å²) in [6, 6.07) is 28.0. The van der Waals surface area contributed by atoms with Crippen LogP contribution >= 0.6 is 0 Å². The molecule has 0 aromatic heterocycles. The third-order valence-corrected chi connectivity index (χ3v) is 6.57. The largest absolute Gasteiger partial charge is 0.416 e. The number of ketones is 2. The number of hydrogen-bond acceptors (Lipinski definition) is 4. The Kier molecular flexibility index (Phi) is 5.49. The predicted octanol–water partition coefficient (Wildman–Crippen LogP) is 8.12. The molecule has 7 heteroatoms. The monoisotopic (exact) mass is 508 g/mol. The lowest BCUT2D eigenvalue weighted by Crippen LogP contribution is -2.23. The van der Waals surface area contributed by atoms with E-state index in [-0.39, 0.29) is 28.3 Å². The molecule has 0 saturated carbocycles. The predicted molar refractivity (Wildman–Crippen MR) is 142 cm³/mol. The first-order chi connectivity index (χ1) is 18.3. The van der Waals surface area contributed by atoms with Crippen LogP contribution < -0.4 is 10.6 Å². The van der Waals surface area contributed by atoms with Gasteiger partial charge in [-0.25, -0.2) is 0 Å². The molecule has 4 nitrogen and oxygen atoms in total. The van der Waals surface area contributed by atoms with E-state index in [1.807, 2.05) is 30.3 Å². The van der Waals surface area contributed by atoms with Gasteiger partial charge in [0.15, 0.2) is 11.6 Å². The van der Waals surface area contributed by atoms with Gasteiger partial charge in [-0.15, -0.1) is 0 Å². The number of halogens is 3. The average molecular weight is 508 g/mol. The molecule has 0 spiro atoms. The topological polar surface area (TPSA) is 58.2 Å². The van der Waals surface area contributed by atoms with Gasteiger partial charge in [0.1, 0.15) is 0 Å². The number of rotatable bonds is 4. The Morgan fingerprint density at radius 2 is 1.11 bits per heavy atom. The Morgan fingerprint density at radius 1 is 0.526 bits per heavy atom. The minimum absolute atomic E-state index is 0.228. The summed E-state index contributed by atoms with van der Waals surface area (Å²) < 4.78 is 39.6. The van der Waals surface area contributed by atoms with Gasteiger partial charge in [0.25, 0.3) is 0 Å². The van der Waals surface area contributed by atoms with Gasteiger partial charge in [-0.2, -0.15) is 13.2 Å². The quantitative estimate of drug-likeness (QED) is 0.252. The highest BCUT2D eigenvalue weighted by Crippen LogP contribution is 2.38. The van der Waals surface area contributed by atoms with Crippen LogP contribution in [-0.2, 0) is 6.18 Å². The van der Waals surface area contributed by atoms with E-state index < -0.39 is 11.7 Å². The SMILES string of the molecule is O=C1c2cccc(Nc3ccc4ccc(C(F)(F)F)cc4c3)c2C(=O)c2cccc(Nc3ccccc3)c21. The fourth-order valence-corrected chi connectivity index (χ4v) is 4.78. The number of fused-ring (bicyclic) bond motifs is 3. The number of benzene rings is 5. The van der Waals surface area contributed by atoms with Crippen molar-refractivity contribution in [3.63, 3.8) is 0 Å². The molecule has 0 amide bonds. The first kappa shape index (κ1) is 23.5. The van der Waals surface area contributed by atoms with Gasteiger partial charge < -0.3 is 10.6 Å². The summed E-state index contributed by atoms with van der Waals surface area (Å²) in [5.74, 6) is -0.597. The molecule has 0 unspecified atom stereocenters. The Morgan fingerprint density at radius 3 is 1.71 bits per heavy atom. The maximum absolute atomic E-state index is 13.7. The second-order valence-corrected chi connectivity index (χ2v) is 9.01. The van der Waals surface area contributed by atoms with Crippen LogP contribution in [0.5, 0.6) is 0 Å². The number of carbonyl (C=O) groups is 2. The van der Waals surface area contributed by atoms with E-state index in [0.29, 0.717) is 33.4 Å². The first-order valence-corrected chi connectivity index (χ1v) is 11.8. The molecule has 186 valence electrons. The molecule has 38 heavy (non-hydrogen) atoms. The average Bonchev–Trinajstić information content (AvgIpc) is 2.91. The molecule has 0 heterocycles. The smallest absolute Gasteiger partial charge is 0.355 e. The summed E-state index contributed by atoms with van der Waals surface area (Å²) in [6.07, 6.45) is -4.45. The number of carbonyl (C=O) groups excluding carboxylic acids is 2. The lowest BCUT2D eigenvalue weighted by molar-refractivity contribution is -0.137. The molecule has 2 N–H and O–H groups in total. The van der Waals surface area contributed by atoms with Gasteiger partial charge in [0.05, 0.1) is 28.1 Å². The number of anilines is 4. The van der Waals surface area contributed by atoms with Crippen molar-refractivity contribution in [1.82, 2.24) is 0 Å². The third-order valence-electron chi connectivity index (χ3n) is 6.57. The van der Waals surface area contributed by atoms with Crippen LogP contribution in [0.4, 0.5) is 35.9 Å².